The quantitative estimate of drug-likeness (QED) is 0.385. The van der Waals surface area contributed by atoms with E-state index in [2.05, 4.69) is 32.5 Å². The van der Waals surface area contributed by atoms with Gasteiger partial charge in [0.2, 0.25) is 0 Å². The number of H-pyrrole nitrogens is 1. The van der Waals surface area contributed by atoms with Gasteiger partial charge in [-0.05, 0) is 37.5 Å². The molecule has 2 aromatic carbocycles. The number of aliphatic carboxylic acids is 1. The molecular weight excluding hydrogens is 460 g/mol. The van der Waals surface area contributed by atoms with Gasteiger partial charge in [-0.3, -0.25) is 14.1 Å². The van der Waals surface area contributed by atoms with Crippen LogP contribution in [-0.4, -0.2) is 37.4 Å². The molecule has 9 nitrogen and oxygen atoms in total. The topological polar surface area (TPSA) is 123 Å². The number of ether oxygens (including phenoxy) is 1. The van der Waals surface area contributed by atoms with E-state index in [1.807, 2.05) is 62.4 Å². The molecular formula is C27H26N4O5. The highest BCUT2D eigenvalue weighted by Gasteiger charge is 2.15. The van der Waals surface area contributed by atoms with Crippen molar-refractivity contribution in [2.75, 3.05) is 6.61 Å². The van der Waals surface area contributed by atoms with Crippen LogP contribution < -0.4 is 21.2 Å². The number of aromatic nitrogens is 4. The second kappa shape index (κ2) is 11.5. The second-order valence-electron chi connectivity index (χ2n) is 7.55. The van der Waals surface area contributed by atoms with Crippen molar-refractivity contribution in [2.24, 2.45) is 0 Å². The summed E-state index contributed by atoms with van der Waals surface area (Å²) in [5, 5.41) is 14.5. The highest BCUT2D eigenvalue weighted by atomic mass is 16.5. The summed E-state index contributed by atoms with van der Waals surface area (Å²) < 4.78 is 12.1. The molecule has 2 heterocycles. The number of rotatable bonds is 7. The number of carbonyl (C=O) groups is 1. The first-order valence-corrected chi connectivity index (χ1v) is 11.1. The molecule has 0 atom stereocenters. The van der Waals surface area contributed by atoms with Gasteiger partial charge in [0.1, 0.15) is 0 Å². The smallest absolute Gasteiger partial charge is 0.439 e. The van der Waals surface area contributed by atoms with Gasteiger partial charge >= 0.3 is 11.7 Å². The predicted molar refractivity (Wildman–Crippen MR) is 136 cm³/mol. The number of carboxylic acid groups (broad SMARTS) is 1. The van der Waals surface area contributed by atoms with Crippen molar-refractivity contribution in [1.29, 1.82) is 0 Å². The lowest BCUT2D eigenvalue weighted by Crippen LogP contribution is -2.34. The lowest BCUT2D eigenvalue weighted by molar-refractivity contribution is -0.130. The van der Waals surface area contributed by atoms with Gasteiger partial charge in [-0.1, -0.05) is 59.8 Å². The molecule has 0 aliphatic heterocycles. The maximum Gasteiger partial charge on any atom is 0.439 e. The van der Waals surface area contributed by atoms with Gasteiger partial charge in [0.25, 0.3) is 6.01 Å². The number of nitrogens with one attached hydrogen (secondary N) is 1. The van der Waals surface area contributed by atoms with Gasteiger partial charge < -0.3 is 9.84 Å². The second-order valence-corrected chi connectivity index (χ2v) is 7.55. The number of aromatic amines is 1. The number of hydrogen-bond donors (Lipinski definition) is 2. The largest absolute Gasteiger partial charge is 0.478 e. The highest BCUT2D eigenvalue weighted by Crippen LogP contribution is 2.30. The van der Waals surface area contributed by atoms with Crippen LogP contribution in [0.2, 0.25) is 0 Å². The minimum atomic E-state index is -1.01. The van der Waals surface area contributed by atoms with Crippen molar-refractivity contribution >= 4 is 17.6 Å². The Morgan fingerprint density at radius 2 is 1.83 bits per heavy atom. The van der Waals surface area contributed by atoms with Crippen molar-refractivity contribution in [3.8, 4) is 41.4 Å². The summed E-state index contributed by atoms with van der Waals surface area (Å²) in [7, 11) is 0. The molecule has 0 saturated heterocycles. The van der Waals surface area contributed by atoms with Gasteiger partial charge in [-0.15, -0.1) is 12.8 Å². The number of benzene rings is 2. The third-order valence-electron chi connectivity index (χ3n) is 5.41. The van der Waals surface area contributed by atoms with Crippen molar-refractivity contribution in [3.05, 3.63) is 75.3 Å². The molecule has 36 heavy (non-hydrogen) atoms. The van der Waals surface area contributed by atoms with Gasteiger partial charge in [0.15, 0.2) is 5.82 Å². The van der Waals surface area contributed by atoms with Crippen molar-refractivity contribution in [3.63, 3.8) is 0 Å². The lowest BCUT2D eigenvalue weighted by atomic mass is 9.98. The molecule has 2 aromatic heterocycles. The lowest BCUT2D eigenvalue weighted by Gasteiger charge is -2.11. The van der Waals surface area contributed by atoms with E-state index in [-0.39, 0.29) is 5.57 Å². The Kier molecular flexibility index (Phi) is 8.26. The fourth-order valence-electron chi connectivity index (χ4n) is 3.79. The molecule has 184 valence electrons. The fourth-order valence-corrected chi connectivity index (χ4v) is 3.79. The Labute approximate surface area is 207 Å². The normalized spacial score (nSPS) is 12.0. The first kappa shape index (κ1) is 25.8. The Morgan fingerprint density at radius 3 is 2.39 bits per heavy atom. The van der Waals surface area contributed by atoms with E-state index in [0.717, 1.165) is 22.3 Å². The van der Waals surface area contributed by atoms with E-state index in [4.69, 9.17) is 4.74 Å². The average molecular weight is 487 g/mol. The number of nitrogens with zero attached hydrogens (tertiary/aromatic N) is 3. The first-order chi connectivity index (χ1) is 17.4. The molecule has 0 bridgehead atoms. The van der Waals surface area contributed by atoms with E-state index < -0.39 is 11.7 Å². The zero-order valence-corrected chi connectivity index (χ0v) is 20.2. The fraction of sp³-hybridized carbons (Fsp3) is 0.185. The molecule has 0 fully saturated rings. The Balaban J connectivity index is 0.00000176. The Hall–Kier alpha value is -4.84. The average Bonchev–Trinajstić information content (AvgIpc) is 3.48. The summed E-state index contributed by atoms with van der Waals surface area (Å²) in [4.78, 5) is 30.2. The van der Waals surface area contributed by atoms with E-state index >= 15 is 0 Å². The summed E-state index contributed by atoms with van der Waals surface area (Å²) in [6.45, 7) is 6.03. The molecule has 2 N–H and O–H groups in total. The van der Waals surface area contributed by atoms with Crippen LogP contribution in [0.4, 0.5) is 0 Å². The van der Waals surface area contributed by atoms with Gasteiger partial charge in [-0.2, -0.15) is 4.98 Å². The van der Waals surface area contributed by atoms with Crippen LogP contribution in [0, 0.1) is 12.8 Å². The summed E-state index contributed by atoms with van der Waals surface area (Å²) >= 11 is 0. The zero-order chi connectivity index (χ0) is 26.2. The molecule has 0 aliphatic rings. The first-order valence-electron chi connectivity index (χ1n) is 11.1. The van der Waals surface area contributed by atoms with Crippen LogP contribution in [-0.2, 0) is 11.3 Å². The van der Waals surface area contributed by atoms with Crippen LogP contribution in [0.15, 0.2) is 57.8 Å². The Morgan fingerprint density at radius 1 is 1.17 bits per heavy atom. The molecule has 0 aliphatic carbocycles. The van der Waals surface area contributed by atoms with E-state index in [0.29, 0.717) is 35.7 Å². The van der Waals surface area contributed by atoms with E-state index in [1.54, 1.807) is 17.6 Å². The molecule has 0 unspecified atom stereocenters. The Bertz CT molecular complexity index is 1560. The van der Waals surface area contributed by atoms with E-state index in [9.17, 15) is 14.7 Å². The molecule has 0 saturated carbocycles. The van der Waals surface area contributed by atoms with Crippen LogP contribution in [0.25, 0.3) is 34.2 Å². The number of terminal acetylenes is 1. The highest BCUT2D eigenvalue weighted by molar-refractivity contribution is 6.07. The minimum Gasteiger partial charge on any atom is -0.478 e. The zero-order valence-electron chi connectivity index (χ0n) is 20.2. The molecule has 9 heteroatoms. The van der Waals surface area contributed by atoms with Crippen LogP contribution in [0.5, 0.6) is 6.01 Å². The molecule has 0 spiro atoms. The monoisotopic (exact) mass is 486 g/mol. The van der Waals surface area contributed by atoms with Crippen molar-refractivity contribution in [2.45, 2.75) is 27.3 Å². The van der Waals surface area contributed by atoms with Crippen LogP contribution in [0.1, 0.15) is 26.3 Å². The number of carboxylic acids is 1. The predicted octanol–water partition coefficient (Wildman–Crippen LogP) is 2.65. The summed E-state index contributed by atoms with van der Waals surface area (Å²) in [5.74, 6) is -1.26. The number of imidazole rings is 1. The van der Waals surface area contributed by atoms with Gasteiger partial charge in [0.05, 0.1) is 29.4 Å². The van der Waals surface area contributed by atoms with Crippen molar-refractivity contribution < 1.29 is 19.2 Å². The summed E-state index contributed by atoms with van der Waals surface area (Å²) in [5.41, 5.74) is 3.69. The molecule has 4 aromatic rings. The standard InChI is InChI=1S/C25H24N4O5.C2H2/c1-4-20-21(15(3)23(30)31)29(24(26-20)33-5-2)14-16-10-12-17(13-11-16)18-8-6-7-9-19(18)22-27-25(32)34-28-22;1-2/h4,6-13H,5,14H2,1-3H3,(H,30,31)(H,27,28,32);1-2H/b20-4+,21-15-;. The maximum atomic E-state index is 11.7. The molecule has 0 radical (unpaired) electrons. The van der Waals surface area contributed by atoms with Crippen LogP contribution in [0.3, 0.4) is 0 Å². The molecule has 4 rings (SSSR count). The maximum absolute atomic E-state index is 11.7. The van der Waals surface area contributed by atoms with Crippen molar-refractivity contribution in [1.82, 2.24) is 19.7 Å². The third kappa shape index (κ3) is 5.28. The SMILES string of the molecule is C#C.C/C=c1/nc(OCC)n(Cc2ccc(-c3ccccc3-c3noc(=O)[nH]3)cc2)/c1=C(/C)C(=O)O. The summed E-state index contributed by atoms with van der Waals surface area (Å²) in [6.07, 6.45) is 9.77. The number of hydrogen-bond acceptors (Lipinski definition) is 6. The third-order valence-corrected chi connectivity index (χ3v) is 5.41. The van der Waals surface area contributed by atoms with Crippen LogP contribution >= 0.6 is 0 Å². The summed E-state index contributed by atoms with van der Waals surface area (Å²) in [6, 6.07) is 15.8. The minimum absolute atomic E-state index is 0.193. The van der Waals surface area contributed by atoms with Gasteiger partial charge in [-0.25, -0.2) is 9.59 Å². The van der Waals surface area contributed by atoms with Gasteiger partial charge in [0, 0.05) is 5.56 Å². The molecule has 0 amide bonds. The van der Waals surface area contributed by atoms with E-state index in [1.165, 1.54) is 0 Å².